The van der Waals surface area contributed by atoms with Crippen LogP contribution < -0.4 is 4.90 Å². The first kappa shape index (κ1) is 39.4. The molecule has 318 valence electrons. The molecule has 0 aliphatic rings. The van der Waals surface area contributed by atoms with Crippen LogP contribution in [0, 0.1) is 0 Å². The van der Waals surface area contributed by atoms with Gasteiger partial charge in [0.1, 0.15) is 11.2 Å². The third kappa shape index (κ3) is 6.65. The zero-order valence-electron chi connectivity index (χ0n) is 37.2. The molecule has 12 aromatic carbocycles. The predicted octanol–water partition coefficient (Wildman–Crippen LogP) is 18.9. The average molecular weight is 866 g/mol. The molecule has 0 aliphatic carbocycles. The van der Waals surface area contributed by atoms with Crippen LogP contribution in [-0.2, 0) is 0 Å². The Bertz CT molecular complexity index is 4000. The number of benzene rings is 12. The second-order valence-corrected chi connectivity index (χ2v) is 17.5. The zero-order chi connectivity index (χ0) is 45.0. The van der Waals surface area contributed by atoms with Crippen LogP contribution in [0.2, 0.25) is 0 Å². The van der Waals surface area contributed by atoms with Crippen molar-refractivity contribution in [2.24, 2.45) is 0 Å². The van der Waals surface area contributed by atoms with Crippen molar-refractivity contribution in [3.63, 3.8) is 0 Å². The molecule has 0 saturated heterocycles. The highest BCUT2D eigenvalue weighted by molar-refractivity contribution is 6.23. The molecule has 2 heteroatoms. The summed E-state index contributed by atoms with van der Waals surface area (Å²) in [4.78, 5) is 2.41. The molecule has 0 unspecified atom stereocenters. The van der Waals surface area contributed by atoms with E-state index in [1.165, 1.54) is 60.3 Å². The van der Waals surface area contributed by atoms with E-state index in [1.54, 1.807) is 0 Å². The Morgan fingerprint density at radius 1 is 0.279 bits per heavy atom. The van der Waals surface area contributed by atoms with Crippen molar-refractivity contribution in [1.29, 1.82) is 0 Å². The Morgan fingerprint density at radius 3 is 1.57 bits per heavy atom. The zero-order valence-corrected chi connectivity index (χ0v) is 37.2. The molecule has 0 spiro atoms. The molecule has 0 atom stereocenters. The van der Waals surface area contributed by atoms with Gasteiger partial charge in [-0.2, -0.15) is 0 Å². The topological polar surface area (TPSA) is 16.4 Å². The molecule has 0 saturated carbocycles. The third-order valence-corrected chi connectivity index (χ3v) is 13.6. The van der Waals surface area contributed by atoms with Gasteiger partial charge >= 0.3 is 0 Å². The maximum absolute atomic E-state index is 6.71. The molecule has 1 aromatic heterocycles. The second kappa shape index (κ2) is 16.5. The van der Waals surface area contributed by atoms with Gasteiger partial charge in [-0.3, -0.25) is 0 Å². The maximum atomic E-state index is 6.71. The third-order valence-electron chi connectivity index (χ3n) is 13.6. The maximum Gasteiger partial charge on any atom is 0.143 e. The van der Waals surface area contributed by atoms with Crippen molar-refractivity contribution in [2.45, 2.75) is 0 Å². The highest BCUT2D eigenvalue weighted by atomic mass is 16.3. The first-order valence-electron chi connectivity index (χ1n) is 23.3. The van der Waals surface area contributed by atoms with Gasteiger partial charge in [0.2, 0.25) is 0 Å². The van der Waals surface area contributed by atoms with Gasteiger partial charge in [-0.25, -0.2) is 0 Å². The lowest BCUT2D eigenvalue weighted by Crippen LogP contribution is -2.11. The summed E-state index contributed by atoms with van der Waals surface area (Å²) in [6.07, 6.45) is 0. The van der Waals surface area contributed by atoms with Crippen LogP contribution >= 0.6 is 0 Å². The number of anilines is 3. The highest BCUT2D eigenvalue weighted by Crippen LogP contribution is 2.48. The molecular formula is C66H43NO. The fourth-order valence-corrected chi connectivity index (χ4v) is 10.5. The van der Waals surface area contributed by atoms with Gasteiger partial charge in [-0.1, -0.05) is 212 Å². The normalized spacial score (nSPS) is 11.5. The molecular weight excluding hydrogens is 823 g/mol. The Kier molecular flexibility index (Phi) is 9.54. The van der Waals surface area contributed by atoms with Crippen LogP contribution in [0.15, 0.2) is 265 Å². The highest BCUT2D eigenvalue weighted by Gasteiger charge is 2.23. The molecule has 13 rings (SSSR count). The fourth-order valence-electron chi connectivity index (χ4n) is 10.5. The Morgan fingerprint density at radius 2 is 0.809 bits per heavy atom. The van der Waals surface area contributed by atoms with Gasteiger partial charge in [0.05, 0.1) is 5.69 Å². The van der Waals surface area contributed by atoms with E-state index in [9.17, 15) is 0 Å². The van der Waals surface area contributed by atoms with Gasteiger partial charge in [0.15, 0.2) is 0 Å². The minimum absolute atomic E-state index is 0.875. The summed E-state index contributed by atoms with van der Waals surface area (Å²) in [5, 5.41) is 9.50. The lowest BCUT2D eigenvalue weighted by molar-refractivity contribution is 0.673. The molecule has 0 fully saturated rings. The molecule has 68 heavy (non-hydrogen) atoms. The SMILES string of the molecule is c1ccc(-c2cccc(N(c3ccc(-c4ccc5c(c4)c(-c4ccccc4)c(-c4ccccc4)c4ccccc45)cc3)c3ccccc3-c3cccc4oc5c6ccccc6ccc5c34)c2)cc1. The number of furan rings is 1. The average Bonchev–Trinajstić information content (AvgIpc) is 3.81. The van der Waals surface area contributed by atoms with Crippen molar-refractivity contribution in [3.8, 4) is 55.6 Å². The lowest BCUT2D eigenvalue weighted by Gasteiger charge is -2.28. The van der Waals surface area contributed by atoms with E-state index in [2.05, 4.69) is 266 Å². The van der Waals surface area contributed by atoms with Gasteiger partial charge in [-0.15, -0.1) is 0 Å². The standard InChI is InChI=1S/C66H43NO/c1-4-18-44(19-5-1)49-25-16-26-52(42-49)67(61-32-15-14-29-56(61)58-31-17-33-62-65(58)59-41-36-46-20-10-11-27-53(46)66(59)68-62)51-38-34-45(35-39-51)50-37-40-55-54-28-12-13-30-57(54)63(47-21-6-2-7-22-47)64(60(55)43-50)48-23-8-3-9-24-48/h1-43H. The summed E-state index contributed by atoms with van der Waals surface area (Å²) >= 11 is 0. The number of rotatable bonds is 8. The van der Waals surface area contributed by atoms with Crippen molar-refractivity contribution >= 4 is 71.3 Å². The van der Waals surface area contributed by atoms with E-state index in [0.29, 0.717) is 0 Å². The number of hydrogen-bond donors (Lipinski definition) is 0. The summed E-state index contributed by atoms with van der Waals surface area (Å²) in [7, 11) is 0. The van der Waals surface area contributed by atoms with Crippen molar-refractivity contribution in [2.75, 3.05) is 4.90 Å². The minimum atomic E-state index is 0.875. The van der Waals surface area contributed by atoms with Gasteiger partial charge in [0.25, 0.3) is 0 Å². The van der Waals surface area contributed by atoms with Crippen molar-refractivity contribution in [1.82, 2.24) is 0 Å². The van der Waals surface area contributed by atoms with E-state index < -0.39 is 0 Å². The molecule has 1 heterocycles. The number of nitrogens with zero attached hydrogens (tertiary/aromatic N) is 1. The summed E-state index contributed by atoms with van der Waals surface area (Å²) in [6, 6.07) is 94.4. The smallest absolute Gasteiger partial charge is 0.143 e. The quantitative estimate of drug-likeness (QED) is 0.142. The summed E-state index contributed by atoms with van der Waals surface area (Å²) in [5.74, 6) is 0. The second-order valence-electron chi connectivity index (χ2n) is 17.5. The Labute approximate surface area is 395 Å². The monoisotopic (exact) mass is 865 g/mol. The minimum Gasteiger partial charge on any atom is -0.455 e. The molecule has 0 bridgehead atoms. The number of hydrogen-bond acceptors (Lipinski definition) is 2. The molecule has 2 nitrogen and oxygen atoms in total. The largest absolute Gasteiger partial charge is 0.455 e. The molecule has 0 radical (unpaired) electrons. The first-order valence-corrected chi connectivity index (χ1v) is 23.3. The van der Waals surface area contributed by atoms with E-state index in [0.717, 1.165) is 66.6 Å². The summed E-state index contributed by atoms with van der Waals surface area (Å²) in [5.41, 5.74) is 16.8. The summed E-state index contributed by atoms with van der Waals surface area (Å²) in [6.45, 7) is 0. The predicted molar refractivity (Wildman–Crippen MR) is 288 cm³/mol. The lowest BCUT2D eigenvalue weighted by atomic mass is 9.84. The van der Waals surface area contributed by atoms with E-state index >= 15 is 0 Å². The van der Waals surface area contributed by atoms with Crippen LogP contribution in [0.3, 0.4) is 0 Å². The van der Waals surface area contributed by atoms with E-state index in [1.807, 2.05) is 0 Å². The Balaban J connectivity index is 0.992. The van der Waals surface area contributed by atoms with Crippen molar-refractivity contribution in [3.05, 3.63) is 261 Å². The molecule has 0 amide bonds. The van der Waals surface area contributed by atoms with Crippen LogP contribution in [0.4, 0.5) is 17.1 Å². The van der Waals surface area contributed by atoms with Crippen LogP contribution in [0.25, 0.3) is 110 Å². The van der Waals surface area contributed by atoms with Crippen molar-refractivity contribution < 1.29 is 4.42 Å². The van der Waals surface area contributed by atoms with Gasteiger partial charge < -0.3 is 9.32 Å². The van der Waals surface area contributed by atoms with Crippen LogP contribution in [-0.4, -0.2) is 0 Å². The first-order chi connectivity index (χ1) is 33.7. The number of fused-ring (bicyclic) bond motifs is 8. The fraction of sp³-hybridized carbons (Fsp3) is 0. The number of para-hydroxylation sites is 1. The molecule has 0 aliphatic heterocycles. The van der Waals surface area contributed by atoms with Gasteiger partial charge in [-0.05, 0) is 126 Å². The molecule has 13 aromatic rings. The van der Waals surface area contributed by atoms with E-state index in [4.69, 9.17) is 4.42 Å². The van der Waals surface area contributed by atoms with Crippen LogP contribution in [0.5, 0.6) is 0 Å². The van der Waals surface area contributed by atoms with E-state index in [-0.39, 0.29) is 0 Å². The van der Waals surface area contributed by atoms with Crippen LogP contribution in [0.1, 0.15) is 0 Å². The van der Waals surface area contributed by atoms with Gasteiger partial charge in [0, 0.05) is 33.1 Å². The summed E-state index contributed by atoms with van der Waals surface area (Å²) < 4.78 is 6.71. The Hall–Kier alpha value is -8.98. The molecule has 0 N–H and O–H groups in total.